The maximum atomic E-state index is 12.2. The van der Waals surface area contributed by atoms with Gasteiger partial charge in [-0.15, -0.1) is 0 Å². The van der Waals surface area contributed by atoms with E-state index in [9.17, 15) is 4.79 Å². The van der Waals surface area contributed by atoms with Crippen LogP contribution < -0.4 is 4.74 Å². The van der Waals surface area contributed by atoms with E-state index in [4.69, 9.17) is 19.2 Å². The van der Waals surface area contributed by atoms with E-state index >= 15 is 0 Å². The number of rotatable bonds is 4. The number of ether oxygens (including phenoxy) is 2. The summed E-state index contributed by atoms with van der Waals surface area (Å²) in [6.45, 7) is 6.91. The summed E-state index contributed by atoms with van der Waals surface area (Å²) >= 11 is 0. The first-order chi connectivity index (χ1) is 15.3. The van der Waals surface area contributed by atoms with Gasteiger partial charge in [0.2, 0.25) is 0 Å². The Morgan fingerprint density at radius 1 is 1.12 bits per heavy atom. The molecule has 0 atom stereocenters. The third-order valence-corrected chi connectivity index (χ3v) is 5.39. The molecule has 0 saturated carbocycles. The summed E-state index contributed by atoms with van der Waals surface area (Å²) in [7, 11) is 0. The zero-order valence-corrected chi connectivity index (χ0v) is 18.8. The van der Waals surface area contributed by atoms with Crippen molar-refractivity contribution in [3.05, 3.63) is 65.4 Å². The molecule has 4 rings (SSSR count). The normalized spacial score (nSPS) is 14.9. The first kappa shape index (κ1) is 21.8. The Labute approximate surface area is 188 Å². The maximum absolute atomic E-state index is 12.2. The monoisotopic (exact) mass is 432 g/mol. The smallest absolute Gasteiger partial charge is 0.410 e. The van der Waals surface area contributed by atoms with Crippen LogP contribution in [0.25, 0.3) is 11.0 Å². The minimum Gasteiger partial charge on any atom is -0.490 e. The highest BCUT2D eigenvalue weighted by atomic mass is 16.6. The van der Waals surface area contributed by atoms with Gasteiger partial charge in [0.1, 0.15) is 28.8 Å². The van der Waals surface area contributed by atoms with Gasteiger partial charge >= 0.3 is 6.09 Å². The molecule has 6 heteroatoms. The van der Waals surface area contributed by atoms with Gasteiger partial charge in [-0.2, -0.15) is 5.26 Å². The number of benzene rings is 2. The van der Waals surface area contributed by atoms with Crippen LogP contribution >= 0.6 is 0 Å². The fourth-order valence-corrected chi connectivity index (χ4v) is 3.82. The quantitative estimate of drug-likeness (QED) is 0.531. The van der Waals surface area contributed by atoms with Crippen molar-refractivity contribution in [2.45, 2.75) is 51.7 Å². The lowest BCUT2D eigenvalue weighted by Crippen LogP contribution is -2.44. The van der Waals surface area contributed by atoms with Crippen LogP contribution in [0.2, 0.25) is 0 Å². The average molecular weight is 433 g/mol. The van der Waals surface area contributed by atoms with E-state index in [-0.39, 0.29) is 12.2 Å². The molecule has 1 saturated heterocycles. The second-order valence-corrected chi connectivity index (χ2v) is 9.18. The van der Waals surface area contributed by atoms with Gasteiger partial charge in [-0.05, 0) is 62.7 Å². The Hall–Kier alpha value is -3.46. The fourth-order valence-electron chi connectivity index (χ4n) is 3.82. The van der Waals surface area contributed by atoms with Gasteiger partial charge in [0, 0.05) is 37.7 Å². The summed E-state index contributed by atoms with van der Waals surface area (Å²) in [5, 5.41) is 9.99. The number of amides is 1. The third-order valence-electron chi connectivity index (χ3n) is 5.39. The van der Waals surface area contributed by atoms with Gasteiger partial charge in [0.05, 0.1) is 11.6 Å². The Bertz CT molecular complexity index is 1130. The van der Waals surface area contributed by atoms with Crippen LogP contribution in [0.5, 0.6) is 5.75 Å². The highest BCUT2D eigenvalue weighted by molar-refractivity contribution is 5.79. The second kappa shape index (κ2) is 8.96. The number of furan rings is 1. The molecule has 6 nitrogen and oxygen atoms in total. The predicted molar refractivity (Wildman–Crippen MR) is 122 cm³/mol. The van der Waals surface area contributed by atoms with Crippen molar-refractivity contribution in [2.75, 3.05) is 13.1 Å². The lowest BCUT2D eigenvalue weighted by molar-refractivity contribution is 0.0126. The third kappa shape index (κ3) is 5.42. The topological polar surface area (TPSA) is 75.7 Å². The summed E-state index contributed by atoms with van der Waals surface area (Å²) in [5.41, 5.74) is 2.06. The SMILES string of the molecule is CC(C)(C)OC(=O)N1CCC(Oc2ccc(Cc3cc4cc(C#N)ccc4o3)cc2)CC1. The van der Waals surface area contributed by atoms with E-state index in [0.29, 0.717) is 25.1 Å². The van der Waals surface area contributed by atoms with Crippen molar-refractivity contribution < 1.29 is 18.7 Å². The predicted octanol–water partition coefficient (Wildman–Crippen LogP) is 5.67. The number of likely N-dealkylation sites (tertiary alicyclic amines) is 1. The van der Waals surface area contributed by atoms with Crippen LogP contribution in [-0.4, -0.2) is 35.8 Å². The van der Waals surface area contributed by atoms with Crippen molar-refractivity contribution in [2.24, 2.45) is 0 Å². The molecule has 1 aromatic heterocycles. The van der Waals surface area contributed by atoms with E-state index in [1.807, 2.05) is 63.2 Å². The van der Waals surface area contributed by atoms with Gasteiger partial charge in [-0.3, -0.25) is 0 Å². The summed E-state index contributed by atoms with van der Waals surface area (Å²) in [4.78, 5) is 13.9. The number of hydrogen-bond donors (Lipinski definition) is 0. The maximum Gasteiger partial charge on any atom is 0.410 e. The van der Waals surface area contributed by atoms with Crippen LogP contribution in [0.15, 0.2) is 52.9 Å². The molecule has 0 radical (unpaired) electrons. The van der Waals surface area contributed by atoms with E-state index < -0.39 is 5.60 Å². The molecule has 0 aliphatic carbocycles. The van der Waals surface area contributed by atoms with E-state index in [1.165, 1.54) is 0 Å². The first-order valence-corrected chi connectivity index (χ1v) is 11.0. The fraction of sp³-hybridized carbons (Fsp3) is 0.385. The number of carbonyl (C=O) groups excluding carboxylic acids is 1. The Balaban J connectivity index is 1.30. The summed E-state index contributed by atoms with van der Waals surface area (Å²) < 4.78 is 17.5. The van der Waals surface area contributed by atoms with Crippen molar-refractivity contribution in [1.82, 2.24) is 4.90 Å². The number of nitriles is 1. The number of piperidine rings is 1. The Morgan fingerprint density at radius 3 is 2.50 bits per heavy atom. The standard InChI is InChI=1S/C26H28N2O4/c1-26(2,3)32-25(29)28-12-10-22(11-13-28)30-21-7-4-18(5-8-21)15-23-16-20-14-19(17-27)6-9-24(20)31-23/h4-9,14,16,22H,10-13,15H2,1-3H3. The number of carbonyl (C=O) groups is 1. The Morgan fingerprint density at radius 2 is 1.84 bits per heavy atom. The average Bonchev–Trinajstić information content (AvgIpc) is 3.15. The summed E-state index contributed by atoms with van der Waals surface area (Å²) in [6.07, 6.45) is 2.07. The molecule has 2 aromatic carbocycles. The molecule has 32 heavy (non-hydrogen) atoms. The molecule has 0 N–H and O–H groups in total. The van der Waals surface area contributed by atoms with Gasteiger partial charge in [0.15, 0.2) is 0 Å². The van der Waals surface area contributed by atoms with Gasteiger partial charge < -0.3 is 18.8 Å². The molecular weight excluding hydrogens is 404 g/mol. The molecule has 1 aliphatic heterocycles. The van der Waals surface area contributed by atoms with E-state index in [1.54, 1.807) is 11.0 Å². The minimum absolute atomic E-state index is 0.0873. The minimum atomic E-state index is -0.478. The molecule has 2 heterocycles. The highest BCUT2D eigenvalue weighted by Gasteiger charge is 2.27. The van der Waals surface area contributed by atoms with Gasteiger partial charge in [0.25, 0.3) is 0 Å². The van der Waals surface area contributed by atoms with Crippen molar-refractivity contribution >= 4 is 17.1 Å². The molecule has 0 unspecified atom stereocenters. The molecule has 166 valence electrons. The van der Waals surface area contributed by atoms with Crippen molar-refractivity contribution in [3.63, 3.8) is 0 Å². The molecule has 0 spiro atoms. The number of fused-ring (bicyclic) bond motifs is 1. The van der Waals surface area contributed by atoms with E-state index in [0.717, 1.165) is 40.9 Å². The highest BCUT2D eigenvalue weighted by Crippen LogP contribution is 2.25. The van der Waals surface area contributed by atoms with Crippen LogP contribution in [0.4, 0.5) is 4.79 Å². The van der Waals surface area contributed by atoms with E-state index in [2.05, 4.69) is 6.07 Å². The summed E-state index contributed by atoms with van der Waals surface area (Å²) in [5.74, 6) is 1.69. The molecule has 1 aliphatic rings. The largest absolute Gasteiger partial charge is 0.490 e. The molecule has 0 bridgehead atoms. The Kier molecular flexibility index (Phi) is 6.09. The second-order valence-electron chi connectivity index (χ2n) is 9.18. The number of nitrogens with zero attached hydrogens (tertiary/aromatic N) is 2. The molecule has 1 amide bonds. The van der Waals surface area contributed by atoms with Crippen LogP contribution in [-0.2, 0) is 11.2 Å². The summed E-state index contributed by atoms with van der Waals surface area (Å²) in [6, 6.07) is 17.6. The molecule has 3 aromatic rings. The van der Waals surface area contributed by atoms with Crippen LogP contribution in [0.3, 0.4) is 0 Å². The van der Waals surface area contributed by atoms with Gasteiger partial charge in [-0.25, -0.2) is 4.79 Å². The molecular formula is C26H28N2O4. The van der Waals surface area contributed by atoms with Crippen LogP contribution in [0.1, 0.15) is 50.5 Å². The lowest BCUT2D eigenvalue weighted by atomic mass is 10.1. The first-order valence-electron chi connectivity index (χ1n) is 11.0. The van der Waals surface area contributed by atoms with Gasteiger partial charge in [-0.1, -0.05) is 12.1 Å². The van der Waals surface area contributed by atoms with Crippen LogP contribution in [0, 0.1) is 11.3 Å². The number of hydrogen-bond acceptors (Lipinski definition) is 5. The zero-order chi connectivity index (χ0) is 22.7. The molecule has 1 fully saturated rings. The zero-order valence-electron chi connectivity index (χ0n) is 18.8. The van der Waals surface area contributed by atoms with Crippen molar-refractivity contribution in [1.29, 1.82) is 5.26 Å². The lowest BCUT2D eigenvalue weighted by Gasteiger charge is -2.33. The van der Waals surface area contributed by atoms with Crippen molar-refractivity contribution in [3.8, 4) is 11.8 Å².